The third-order valence-electron chi connectivity index (χ3n) is 3.29. The minimum absolute atomic E-state index is 0.441. The summed E-state index contributed by atoms with van der Waals surface area (Å²) < 4.78 is 0. The van der Waals surface area contributed by atoms with E-state index in [1.165, 1.54) is 39.0 Å². The molecule has 3 heteroatoms. The zero-order valence-corrected chi connectivity index (χ0v) is 7.87. The Morgan fingerprint density at radius 1 is 1.08 bits per heavy atom. The van der Waals surface area contributed by atoms with Crippen LogP contribution in [-0.4, -0.2) is 55.1 Å². The van der Waals surface area contributed by atoms with Crippen molar-refractivity contribution in [3.05, 3.63) is 0 Å². The minimum atomic E-state index is 0.441. The zero-order valence-electron chi connectivity index (χ0n) is 7.87. The monoisotopic (exact) mass is 169 g/mol. The van der Waals surface area contributed by atoms with Gasteiger partial charge < -0.3 is 10.6 Å². The van der Waals surface area contributed by atoms with E-state index in [0.717, 1.165) is 0 Å². The Kier molecular flexibility index (Phi) is 2.35. The van der Waals surface area contributed by atoms with Gasteiger partial charge in [-0.1, -0.05) is 0 Å². The van der Waals surface area contributed by atoms with Crippen LogP contribution in [0.1, 0.15) is 12.8 Å². The molecule has 0 aromatic carbocycles. The Labute approximate surface area is 74.5 Å². The molecule has 0 aromatic rings. The zero-order chi connectivity index (χ0) is 8.55. The molecule has 0 saturated carbocycles. The number of nitrogens with zero attached hydrogens (tertiary/aromatic N) is 2. The van der Waals surface area contributed by atoms with Crippen LogP contribution >= 0.6 is 0 Å². The Hall–Kier alpha value is -0.120. The molecule has 2 unspecified atom stereocenters. The van der Waals surface area contributed by atoms with E-state index in [1.54, 1.807) is 0 Å². The fourth-order valence-electron chi connectivity index (χ4n) is 2.38. The van der Waals surface area contributed by atoms with Gasteiger partial charge in [-0.25, -0.2) is 0 Å². The number of hydrogen-bond donors (Lipinski definition) is 1. The summed E-state index contributed by atoms with van der Waals surface area (Å²) in [6.45, 7) is 4.87. The van der Waals surface area contributed by atoms with E-state index < -0.39 is 0 Å². The van der Waals surface area contributed by atoms with Gasteiger partial charge in [-0.2, -0.15) is 0 Å². The molecule has 2 fully saturated rings. The van der Waals surface area contributed by atoms with E-state index in [-0.39, 0.29) is 0 Å². The van der Waals surface area contributed by atoms with Gasteiger partial charge in [0.2, 0.25) is 0 Å². The molecule has 12 heavy (non-hydrogen) atoms. The molecule has 2 atom stereocenters. The lowest BCUT2D eigenvalue weighted by Gasteiger charge is -2.22. The summed E-state index contributed by atoms with van der Waals surface area (Å²) in [6.07, 6.45) is 2.46. The average Bonchev–Trinajstić information content (AvgIpc) is 2.28. The van der Waals surface area contributed by atoms with Gasteiger partial charge in [0.15, 0.2) is 0 Å². The second kappa shape index (κ2) is 3.32. The van der Waals surface area contributed by atoms with Crippen LogP contribution in [0.3, 0.4) is 0 Å². The quantitative estimate of drug-likeness (QED) is 0.541. The summed E-state index contributed by atoms with van der Waals surface area (Å²) in [5.74, 6) is 0. The molecule has 2 N–H and O–H groups in total. The van der Waals surface area contributed by atoms with Gasteiger partial charge in [0.25, 0.3) is 0 Å². The predicted molar refractivity (Wildman–Crippen MR) is 50.1 cm³/mol. The van der Waals surface area contributed by atoms with Gasteiger partial charge in [0.05, 0.1) is 0 Å². The van der Waals surface area contributed by atoms with Crippen molar-refractivity contribution in [2.45, 2.75) is 24.9 Å². The summed E-state index contributed by atoms with van der Waals surface area (Å²) in [4.78, 5) is 4.97. The second-order valence-corrected chi connectivity index (χ2v) is 4.15. The molecule has 2 saturated heterocycles. The number of hydrogen-bond acceptors (Lipinski definition) is 3. The number of fused-ring (bicyclic) bond motifs is 1. The molecule has 3 nitrogen and oxygen atoms in total. The van der Waals surface area contributed by atoms with E-state index in [0.29, 0.717) is 12.1 Å². The van der Waals surface area contributed by atoms with Gasteiger partial charge in [0, 0.05) is 31.7 Å². The van der Waals surface area contributed by atoms with E-state index in [1.807, 2.05) is 0 Å². The van der Waals surface area contributed by atoms with Crippen molar-refractivity contribution in [1.29, 1.82) is 0 Å². The maximum absolute atomic E-state index is 6.04. The lowest BCUT2D eigenvalue weighted by molar-refractivity contribution is 0.254. The van der Waals surface area contributed by atoms with E-state index in [2.05, 4.69) is 16.8 Å². The first kappa shape index (κ1) is 8.48. The first-order chi connectivity index (χ1) is 5.77. The van der Waals surface area contributed by atoms with Crippen molar-refractivity contribution >= 4 is 0 Å². The van der Waals surface area contributed by atoms with E-state index in [9.17, 15) is 0 Å². The van der Waals surface area contributed by atoms with Crippen LogP contribution in [0.4, 0.5) is 0 Å². The fraction of sp³-hybridized carbons (Fsp3) is 1.00. The highest BCUT2D eigenvalue weighted by atomic mass is 15.3. The molecule has 0 radical (unpaired) electrons. The molecular weight excluding hydrogens is 150 g/mol. The molecule has 0 aromatic heterocycles. The maximum Gasteiger partial charge on any atom is 0.0260 e. The molecule has 2 aliphatic heterocycles. The van der Waals surface area contributed by atoms with Crippen LogP contribution in [0.15, 0.2) is 0 Å². The Balaban J connectivity index is 2.00. The number of nitrogens with two attached hydrogens (primary N) is 1. The third kappa shape index (κ3) is 1.49. The summed E-state index contributed by atoms with van der Waals surface area (Å²) in [7, 11) is 2.20. The van der Waals surface area contributed by atoms with Crippen LogP contribution in [0, 0.1) is 0 Å². The summed E-state index contributed by atoms with van der Waals surface area (Å²) >= 11 is 0. The second-order valence-electron chi connectivity index (χ2n) is 4.15. The Bertz CT molecular complexity index is 160. The van der Waals surface area contributed by atoms with Gasteiger partial charge >= 0.3 is 0 Å². The number of likely N-dealkylation sites (N-methyl/N-ethyl adjacent to an activating group) is 1. The van der Waals surface area contributed by atoms with Crippen molar-refractivity contribution in [1.82, 2.24) is 9.80 Å². The standard InChI is InChI=1S/C9H19N3/c1-11-4-3-9-8(10)2-5-12(9)7-6-11/h8-9H,2-7,10H2,1H3. The molecule has 2 aliphatic rings. The summed E-state index contributed by atoms with van der Waals surface area (Å²) in [5, 5.41) is 0. The lowest BCUT2D eigenvalue weighted by Crippen LogP contribution is -2.39. The molecule has 0 aliphatic carbocycles. The normalized spacial score (nSPS) is 39.5. The number of rotatable bonds is 0. The van der Waals surface area contributed by atoms with Crippen molar-refractivity contribution in [2.75, 3.05) is 33.2 Å². The molecule has 0 bridgehead atoms. The lowest BCUT2D eigenvalue weighted by atomic mass is 10.1. The maximum atomic E-state index is 6.04. The van der Waals surface area contributed by atoms with Crippen molar-refractivity contribution < 1.29 is 0 Å². The Morgan fingerprint density at radius 3 is 2.75 bits per heavy atom. The van der Waals surface area contributed by atoms with Crippen molar-refractivity contribution in [3.8, 4) is 0 Å². The molecule has 2 rings (SSSR count). The largest absolute Gasteiger partial charge is 0.326 e. The van der Waals surface area contributed by atoms with Gasteiger partial charge in [-0.3, -0.25) is 4.90 Å². The van der Waals surface area contributed by atoms with Crippen molar-refractivity contribution in [2.24, 2.45) is 5.73 Å². The molecule has 70 valence electrons. The van der Waals surface area contributed by atoms with Gasteiger partial charge in [-0.15, -0.1) is 0 Å². The molecule has 0 spiro atoms. The summed E-state index contributed by atoms with van der Waals surface area (Å²) in [5.41, 5.74) is 6.04. The summed E-state index contributed by atoms with van der Waals surface area (Å²) in [6, 6.07) is 1.12. The molecular formula is C9H19N3. The van der Waals surface area contributed by atoms with Crippen LogP contribution < -0.4 is 5.73 Å². The van der Waals surface area contributed by atoms with E-state index >= 15 is 0 Å². The SMILES string of the molecule is CN1CCC2C(N)CCN2CC1. The highest BCUT2D eigenvalue weighted by Crippen LogP contribution is 2.21. The predicted octanol–water partition coefficient (Wildman–Crippen LogP) is -0.276. The molecule has 2 heterocycles. The van der Waals surface area contributed by atoms with Crippen LogP contribution in [0.2, 0.25) is 0 Å². The topological polar surface area (TPSA) is 32.5 Å². The van der Waals surface area contributed by atoms with Crippen LogP contribution in [0.25, 0.3) is 0 Å². The van der Waals surface area contributed by atoms with E-state index in [4.69, 9.17) is 5.73 Å². The van der Waals surface area contributed by atoms with Gasteiger partial charge in [-0.05, 0) is 26.4 Å². The fourth-order valence-corrected chi connectivity index (χ4v) is 2.38. The Morgan fingerprint density at radius 2 is 1.92 bits per heavy atom. The average molecular weight is 169 g/mol. The highest BCUT2D eigenvalue weighted by Gasteiger charge is 2.32. The van der Waals surface area contributed by atoms with Crippen molar-refractivity contribution in [3.63, 3.8) is 0 Å². The van der Waals surface area contributed by atoms with Crippen LogP contribution in [0.5, 0.6) is 0 Å². The minimum Gasteiger partial charge on any atom is -0.326 e. The van der Waals surface area contributed by atoms with Gasteiger partial charge in [0.1, 0.15) is 0 Å². The third-order valence-corrected chi connectivity index (χ3v) is 3.29. The smallest absolute Gasteiger partial charge is 0.0260 e. The first-order valence-corrected chi connectivity index (χ1v) is 4.95. The molecule has 0 amide bonds. The first-order valence-electron chi connectivity index (χ1n) is 4.95. The van der Waals surface area contributed by atoms with Crippen LogP contribution in [-0.2, 0) is 0 Å². The highest BCUT2D eigenvalue weighted by molar-refractivity contribution is 4.91.